The first-order valence-electron chi connectivity index (χ1n) is 11.3. The molecule has 8 nitrogen and oxygen atoms in total. The first kappa shape index (κ1) is 26.9. The van der Waals surface area contributed by atoms with Crippen molar-refractivity contribution in [3.05, 3.63) is 71.8 Å². The molecule has 1 atom stereocenters. The Kier molecular flexibility index (Phi) is 10.5. The van der Waals surface area contributed by atoms with E-state index in [1.807, 2.05) is 60.7 Å². The smallest absolute Gasteiger partial charge is 0.408 e. The van der Waals surface area contributed by atoms with Gasteiger partial charge in [0.2, 0.25) is 5.91 Å². The van der Waals surface area contributed by atoms with Crippen LogP contribution < -0.4 is 5.32 Å². The van der Waals surface area contributed by atoms with Crippen LogP contribution in [-0.4, -0.2) is 54.3 Å². The minimum absolute atomic E-state index is 0.0961. The minimum atomic E-state index is -1.06. The van der Waals surface area contributed by atoms with Crippen molar-refractivity contribution >= 4 is 18.0 Å². The summed E-state index contributed by atoms with van der Waals surface area (Å²) in [5.41, 5.74) is 1.03. The molecule has 1 N–H and O–H groups in total. The molecule has 0 spiro atoms. The van der Waals surface area contributed by atoms with Crippen LogP contribution in [0, 0.1) is 0 Å². The zero-order valence-corrected chi connectivity index (χ0v) is 20.3. The summed E-state index contributed by atoms with van der Waals surface area (Å²) < 4.78 is 16.1. The molecule has 0 aliphatic carbocycles. The Morgan fingerprint density at radius 2 is 1.53 bits per heavy atom. The van der Waals surface area contributed by atoms with Crippen LogP contribution in [0.15, 0.2) is 60.7 Å². The SMILES string of the molecule is CCOC(=O)CN(Cc1ccccc1)C(=O)[C@H](COCc1ccccc1)NC(=O)OC(C)(C)C. The van der Waals surface area contributed by atoms with E-state index in [2.05, 4.69) is 5.32 Å². The minimum Gasteiger partial charge on any atom is -0.465 e. The Morgan fingerprint density at radius 1 is 0.941 bits per heavy atom. The fourth-order valence-corrected chi connectivity index (χ4v) is 3.09. The molecular formula is C26H34N2O6. The van der Waals surface area contributed by atoms with Crippen LogP contribution in [0.4, 0.5) is 4.79 Å². The molecule has 2 amide bonds. The second-order valence-corrected chi connectivity index (χ2v) is 8.68. The number of amides is 2. The highest BCUT2D eigenvalue weighted by atomic mass is 16.6. The first-order chi connectivity index (χ1) is 16.2. The van der Waals surface area contributed by atoms with Gasteiger partial charge in [-0.1, -0.05) is 60.7 Å². The molecule has 0 fully saturated rings. The van der Waals surface area contributed by atoms with Gasteiger partial charge < -0.3 is 24.4 Å². The average Bonchev–Trinajstić information content (AvgIpc) is 2.78. The molecule has 0 aliphatic rings. The highest BCUT2D eigenvalue weighted by Gasteiger charge is 2.30. The van der Waals surface area contributed by atoms with E-state index in [0.29, 0.717) is 0 Å². The van der Waals surface area contributed by atoms with E-state index < -0.39 is 29.6 Å². The lowest BCUT2D eigenvalue weighted by Gasteiger charge is -2.28. The number of carbonyl (C=O) groups excluding carboxylic acids is 3. The van der Waals surface area contributed by atoms with E-state index in [9.17, 15) is 14.4 Å². The number of nitrogens with zero attached hydrogens (tertiary/aromatic N) is 1. The van der Waals surface area contributed by atoms with Crippen molar-refractivity contribution in [2.24, 2.45) is 0 Å². The van der Waals surface area contributed by atoms with Crippen LogP contribution in [0.5, 0.6) is 0 Å². The third kappa shape index (κ3) is 10.0. The molecule has 2 aromatic carbocycles. The number of esters is 1. The fraction of sp³-hybridized carbons (Fsp3) is 0.423. The van der Waals surface area contributed by atoms with Gasteiger partial charge in [-0.3, -0.25) is 9.59 Å². The largest absolute Gasteiger partial charge is 0.465 e. The number of nitrogens with one attached hydrogen (secondary N) is 1. The predicted molar refractivity (Wildman–Crippen MR) is 128 cm³/mol. The second kappa shape index (κ2) is 13.3. The molecule has 0 saturated carbocycles. The van der Waals surface area contributed by atoms with Crippen LogP contribution in [0.2, 0.25) is 0 Å². The van der Waals surface area contributed by atoms with Crippen molar-refractivity contribution in [3.8, 4) is 0 Å². The topological polar surface area (TPSA) is 94.2 Å². The molecule has 0 radical (unpaired) electrons. The molecular weight excluding hydrogens is 436 g/mol. The van der Waals surface area contributed by atoms with E-state index in [4.69, 9.17) is 14.2 Å². The zero-order valence-electron chi connectivity index (χ0n) is 20.3. The van der Waals surface area contributed by atoms with Gasteiger partial charge in [-0.15, -0.1) is 0 Å². The monoisotopic (exact) mass is 470 g/mol. The van der Waals surface area contributed by atoms with Crippen LogP contribution in [0.25, 0.3) is 0 Å². The molecule has 0 bridgehead atoms. The van der Waals surface area contributed by atoms with Gasteiger partial charge in [0, 0.05) is 6.54 Å². The zero-order chi connectivity index (χ0) is 25.0. The van der Waals surface area contributed by atoms with E-state index >= 15 is 0 Å². The predicted octanol–water partition coefficient (Wildman–Crippen LogP) is 3.69. The lowest BCUT2D eigenvalue weighted by Crippen LogP contribution is -2.52. The highest BCUT2D eigenvalue weighted by molar-refractivity contribution is 5.88. The average molecular weight is 471 g/mol. The quantitative estimate of drug-likeness (QED) is 0.504. The third-order valence-electron chi connectivity index (χ3n) is 4.54. The lowest BCUT2D eigenvalue weighted by molar-refractivity contribution is -0.150. The van der Waals surface area contributed by atoms with Gasteiger partial charge in [0.1, 0.15) is 18.2 Å². The van der Waals surface area contributed by atoms with Gasteiger partial charge in [-0.25, -0.2) is 4.79 Å². The van der Waals surface area contributed by atoms with Crippen molar-refractivity contribution in [3.63, 3.8) is 0 Å². The van der Waals surface area contributed by atoms with Crippen LogP contribution in [0.3, 0.4) is 0 Å². The van der Waals surface area contributed by atoms with Crippen LogP contribution in [0.1, 0.15) is 38.8 Å². The molecule has 34 heavy (non-hydrogen) atoms. The lowest BCUT2D eigenvalue weighted by atomic mass is 10.2. The molecule has 2 rings (SSSR count). The van der Waals surface area contributed by atoms with Crippen molar-refractivity contribution in [1.29, 1.82) is 0 Å². The highest BCUT2D eigenvalue weighted by Crippen LogP contribution is 2.11. The summed E-state index contributed by atoms with van der Waals surface area (Å²) in [6.07, 6.45) is -0.745. The number of ether oxygens (including phenoxy) is 3. The number of benzene rings is 2. The summed E-state index contributed by atoms with van der Waals surface area (Å²) in [6.45, 7) is 7.18. The number of hydrogen-bond donors (Lipinski definition) is 1. The normalized spacial score (nSPS) is 11.9. The number of rotatable bonds is 11. The Labute approximate surface area is 201 Å². The molecule has 184 valence electrons. The number of alkyl carbamates (subject to hydrolysis) is 1. The van der Waals surface area contributed by atoms with Gasteiger partial charge in [-0.05, 0) is 38.8 Å². The number of hydrogen-bond acceptors (Lipinski definition) is 6. The van der Waals surface area contributed by atoms with E-state index in [-0.39, 0.29) is 32.9 Å². The van der Waals surface area contributed by atoms with Gasteiger partial charge in [-0.2, -0.15) is 0 Å². The molecule has 0 unspecified atom stereocenters. The van der Waals surface area contributed by atoms with Gasteiger partial charge >= 0.3 is 12.1 Å². The van der Waals surface area contributed by atoms with Gasteiger partial charge in [0.25, 0.3) is 0 Å². The third-order valence-corrected chi connectivity index (χ3v) is 4.54. The maximum atomic E-state index is 13.5. The summed E-state index contributed by atoms with van der Waals surface area (Å²) >= 11 is 0. The van der Waals surface area contributed by atoms with Crippen molar-refractivity contribution in [1.82, 2.24) is 10.2 Å². The molecule has 0 aromatic heterocycles. The Balaban J connectivity index is 2.19. The van der Waals surface area contributed by atoms with Gasteiger partial charge in [0.05, 0.1) is 19.8 Å². The second-order valence-electron chi connectivity index (χ2n) is 8.68. The van der Waals surface area contributed by atoms with Gasteiger partial charge in [0.15, 0.2) is 0 Å². The maximum Gasteiger partial charge on any atom is 0.408 e. The number of carbonyl (C=O) groups is 3. The van der Waals surface area contributed by atoms with Crippen LogP contribution >= 0.6 is 0 Å². The summed E-state index contributed by atoms with van der Waals surface area (Å²) in [5.74, 6) is -1.01. The molecule has 0 heterocycles. The van der Waals surface area contributed by atoms with Crippen molar-refractivity contribution in [2.75, 3.05) is 19.8 Å². The summed E-state index contributed by atoms with van der Waals surface area (Å²) in [6, 6.07) is 17.7. The molecule has 2 aromatic rings. The van der Waals surface area contributed by atoms with Crippen LogP contribution in [-0.2, 0) is 37.0 Å². The summed E-state index contributed by atoms with van der Waals surface area (Å²) in [4.78, 5) is 39.5. The van der Waals surface area contributed by atoms with Crippen molar-refractivity contribution in [2.45, 2.75) is 52.5 Å². The van der Waals surface area contributed by atoms with E-state index in [1.165, 1.54) is 4.90 Å². The standard InChI is InChI=1S/C26H34N2O6/c1-5-33-23(29)17-28(16-20-12-8-6-9-13-20)24(30)22(27-25(31)34-26(2,3)4)19-32-18-21-14-10-7-11-15-21/h6-15,22H,5,16-19H2,1-4H3,(H,27,31)/t22-/m0/s1. The first-order valence-corrected chi connectivity index (χ1v) is 11.3. The Morgan fingerprint density at radius 3 is 2.09 bits per heavy atom. The summed E-state index contributed by atoms with van der Waals surface area (Å²) in [7, 11) is 0. The van der Waals surface area contributed by atoms with E-state index in [0.717, 1.165) is 11.1 Å². The Hall–Kier alpha value is -3.39. The molecule has 0 saturated heterocycles. The molecule has 8 heteroatoms. The fourth-order valence-electron chi connectivity index (χ4n) is 3.09. The van der Waals surface area contributed by atoms with E-state index in [1.54, 1.807) is 27.7 Å². The molecule has 0 aliphatic heterocycles. The van der Waals surface area contributed by atoms with Crippen molar-refractivity contribution < 1.29 is 28.6 Å². The summed E-state index contributed by atoms with van der Waals surface area (Å²) in [5, 5.41) is 2.60. The maximum absolute atomic E-state index is 13.5. The Bertz CT molecular complexity index is 912.